The molecule has 3 nitrogen and oxygen atoms in total. The number of carbonyl (C=O) groups is 1. The van der Waals surface area contributed by atoms with Crippen LogP contribution in [0.3, 0.4) is 0 Å². The third kappa shape index (κ3) is 2.19. The molecule has 1 atom stereocenters. The Morgan fingerprint density at radius 2 is 2.00 bits per heavy atom. The van der Waals surface area contributed by atoms with E-state index in [9.17, 15) is 9.90 Å². The van der Waals surface area contributed by atoms with Gasteiger partial charge in [-0.2, -0.15) is 0 Å². The molecule has 0 aromatic heterocycles. The highest BCUT2D eigenvalue weighted by Gasteiger charge is 2.48. The minimum Gasteiger partial charge on any atom is -0.504 e. The second-order valence-electron chi connectivity index (χ2n) is 6.54. The van der Waals surface area contributed by atoms with Crippen molar-refractivity contribution in [2.24, 2.45) is 5.41 Å². The van der Waals surface area contributed by atoms with Crippen LogP contribution in [0.2, 0.25) is 0 Å². The number of aldehydes is 1. The molecule has 3 heteroatoms. The van der Waals surface area contributed by atoms with Crippen LogP contribution in [0.4, 0.5) is 0 Å². The van der Waals surface area contributed by atoms with Crippen molar-refractivity contribution in [3.05, 3.63) is 23.3 Å². The van der Waals surface area contributed by atoms with Gasteiger partial charge in [-0.25, -0.2) is 0 Å². The summed E-state index contributed by atoms with van der Waals surface area (Å²) in [7, 11) is 0. The zero-order valence-electron chi connectivity index (χ0n) is 12.8. The zero-order valence-corrected chi connectivity index (χ0v) is 12.8. The lowest BCUT2D eigenvalue weighted by molar-refractivity contribution is 0.112. The zero-order chi connectivity index (χ0) is 15.0. The summed E-state index contributed by atoms with van der Waals surface area (Å²) in [5.74, 6) is 0.603. The molecule has 0 radical (unpaired) electrons. The molecule has 0 bridgehead atoms. The molecule has 110 valence electrons. The number of rotatable bonds is 4. The minimum atomic E-state index is -0.0893. The van der Waals surface area contributed by atoms with Crippen LogP contribution >= 0.6 is 0 Å². The monoisotopic (exact) mass is 276 g/mol. The Hall–Kier alpha value is -1.51. The van der Waals surface area contributed by atoms with Gasteiger partial charge in [0, 0.05) is 16.5 Å². The summed E-state index contributed by atoms with van der Waals surface area (Å²) in [6.45, 7) is 9.11. The maximum absolute atomic E-state index is 11.1. The summed E-state index contributed by atoms with van der Waals surface area (Å²) in [6.07, 6.45) is 4.12. The first-order chi connectivity index (χ1) is 9.35. The van der Waals surface area contributed by atoms with Gasteiger partial charge in [-0.05, 0) is 37.3 Å². The molecule has 1 aromatic rings. The summed E-state index contributed by atoms with van der Waals surface area (Å²) >= 11 is 0. The van der Waals surface area contributed by atoms with Gasteiger partial charge in [-0.1, -0.05) is 27.2 Å². The van der Waals surface area contributed by atoms with Crippen molar-refractivity contribution >= 4 is 6.29 Å². The average molecular weight is 276 g/mol. The van der Waals surface area contributed by atoms with Gasteiger partial charge < -0.3 is 9.84 Å². The van der Waals surface area contributed by atoms with Crippen molar-refractivity contribution in [1.82, 2.24) is 0 Å². The van der Waals surface area contributed by atoms with Gasteiger partial charge >= 0.3 is 0 Å². The van der Waals surface area contributed by atoms with Crippen LogP contribution in [0, 0.1) is 5.41 Å². The first-order valence-corrected chi connectivity index (χ1v) is 7.31. The Morgan fingerprint density at radius 3 is 2.50 bits per heavy atom. The van der Waals surface area contributed by atoms with E-state index in [0.29, 0.717) is 17.9 Å². The molecule has 1 aliphatic rings. The fraction of sp³-hybridized carbons (Fsp3) is 0.588. The highest BCUT2D eigenvalue weighted by Crippen LogP contribution is 2.57. The van der Waals surface area contributed by atoms with Gasteiger partial charge in [0.25, 0.3) is 0 Å². The largest absolute Gasteiger partial charge is 0.504 e. The Kier molecular flexibility index (Phi) is 3.81. The topological polar surface area (TPSA) is 46.5 Å². The minimum absolute atomic E-state index is 0.0652. The maximum atomic E-state index is 11.1. The van der Waals surface area contributed by atoms with E-state index in [4.69, 9.17) is 4.74 Å². The predicted octanol–water partition coefficient (Wildman–Crippen LogP) is 4.07. The SMILES string of the molecule is CCOc1c(O)cc(C=O)cc1[C@@]1(C)CCCC1(C)C. The number of hydrogen-bond donors (Lipinski definition) is 1. The Labute approximate surface area is 121 Å². The van der Waals surface area contributed by atoms with Gasteiger partial charge in [0.1, 0.15) is 6.29 Å². The van der Waals surface area contributed by atoms with E-state index >= 15 is 0 Å². The number of aromatic hydroxyl groups is 1. The van der Waals surface area contributed by atoms with E-state index in [1.54, 1.807) is 0 Å². The van der Waals surface area contributed by atoms with Crippen LogP contribution in [0.15, 0.2) is 12.1 Å². The predicted molar refractivity (Wildman–Crippen MR) is 79.6 cm³/mol. The number of phenols is 1. The molecular weight excluding hydrogens is 252 g/mol. The smallest absolute Gasteiger partial charge is 0.164 e. The van der Waals surface area contributed by atoms with Crippen LogP contribution in [-0.2, 0) is 5.41 Å². The van der Waals surface area contributed by atoms with E-state index in [1.165, 1.54) is 6.07 Å². The number of phenolic OH excluding ortho intramolecular Hbond substituents is 1. The van der Waals surface area contributed by atoms with Crippen molar-refractivity contribution in [3.63, 3.8) is 0 Å². The van der Waals surface area contributed by atoms with Crippen molar-refractivity contribution < 1.29 is 14.6 Å². The second kappa shape index (κ2) is 5.12. The van der Waals surface area contributed by atoms with E-state index in [0.717, 1.165) is 31.1 Å². The van der Waals surface area contributed by atoms with E-state index in [1.807, 2.05) is 13.0 Å². The molecule has 1 aliphatic carbocycles. The molecule has 0 unspecified atom stereocenters. The van der Waals surface area contributed by atoms with Gasteiger partial charge in [0.15, 0.2) is 11.5 Å². The second-order valence-corrected chi connectivity index (χ2v) is 6.54. The van der Waals surface area contributed by atoms with E-state index in [-0.39, 0.29) is 16.6 Å². The lowest BCUT2D eigenvalue weighted by Crippen LogP contribution is -2.34. The fourth-order valence-corrected chi connectivity index (χ4v) is 3.41. The quantitative estimate of drug-likeness (QED) is 0.843. The van der Waals surface area contributed by atoms with Crippen molar-refractivity contribution in [3.8, 4) is 11.5 Å². The van der Waals surface area contributed by atoms with Gasteiger partial charge in [-0.3, -0.25) is 4.79 Å². The lowest BCUT2D eigenvalue weighted by atomic mass is 9.65. The summed E-state index contributed by atoms with van der Waals surface area (Å²) in [6, 6.07) is 3.36. The summed E-state index contributed by atoms with van der Waals surface area (Å²) in [4.78, 5) is 11.1. The normalized spacial score (nSPS) is 24.6. The Balaban J connectivity index is 2.65. The van der Waals surface area contributed by atoms with Gasteiger partial charge in [0.05, 0.1) is 6.61 Å². The van der Waals surface area contributed by atoms with Crippen LogP contribution in [0.5, 0.6) is 11.5 Å². The molecule has 0 spiro atoms. The molecule has 1 saturated carbocycles. The molecule has 20 heavy (non-hydrogen) atoms. The Morgan fingerprint density at radius 1 is 1.30 bits per heavy atom. The highest BCUT2D eigenvalue weighted by molar-refractivity contribution is 5.77. The van der Waals surface area contributed by atoms with Crippen LogP contribution in [0.25, 0.3) is 0 Å². The maximum Gasteiger partial charge on any atom is 0.164 e. The van der Waals surface area contributed by atoms with Crippen LogP contribution < -0.4 is 4.74 Å². The fourth-order valence-electron chi connectivity index (χ4n) is 3.41. The first-order valence-electron chi connectivity index (χ1n) is 7.31. The molecule has 0 heterocycles. The van der Waals surface area contributed by atoms with E-state index < -0.39 is 0 Å². The van der Waals surface area contributed by atoms with Crippen molar-refractivity contribution in [2.75, 3.05) is 6.61 Å². The molecule has 0 aliphatic heterocycles. The number of hydrogen-bond acceptors (Lipinski definition) is 3. The summed E-state index contributed by atoms with van der Waals surface area (Å²) in [5.41, 5.74) is 1.50. The molecular formula is C17H24O3. The third-order valence-corrected chi connectivity index (χ3v) is 5.08. The molecule has 1 fully saturated rings. The highest BCUT2D eigenvalue weighted by atomic mass is 16.5. The van der Waals surface area contributed by atoms with Gasteiger partial charge in [0.2, 0.25) is 0 Å². The molecule has 0 amide bonds. The number of benzene rings is 1. The average Bonchev–Trinajstić information content (AvgIpc) is 2.67. The number of carbonyl (C=O) groups excluding carboxylic acids is 1. The standard InChI is InChI=1S/C17H24O3/c1-5-20-15-13(9-12(11-18)10-14(15)19)17(4)8-6-7-16(17,2)3/h9-11,19H,5-8H2,1-4H3/t17-/m1/s1. The third-order valence-electron chi connectivity index (χ3n) is 5.08. The van der Waals surface area contributed by atoms with Gasteiger partial charge in [-0.15, -0.1) is 0 Å². The van der Waals surface area contributed by atoms with E-state index in [2.05, 4.69) is 20.8 Å². The van der Waals surface area contributed by atoms with Crippen molar-refractivity contribution in [2.45, 2.75) is 52.4 Å². The Bertz CT molecular complexity index is 519. The number of ether oxygens (including phenoxy) is 1. The van der Waals surface area contributed by atoms with Crippen LogP contribution in [0.1, 0.15) is 62.9 Å². The molecule has 2 rings (SSSR count). The summed E-state index contributed by atoms with van der Waals surface area (Å²) < 4.78 is 5.67. The molecule has 1 N–H and O–H groups in total. The molecule has 1 aromatic carbocycles. The first kappa shape index (κ1) is 14.9. The van der Waals surface area contributed by atoms with Crippen molar-refractivity contribution in [1.29, 1.82) is 0 Å². The molecule has 0 saturated heterocycles. The lowest BCUT2D eigenvalue weighted by Gasteiger charge is -2.40. The van der Waals surface area contributed by atoms with Crippen LogP contribution in [-0.4, -0.2) is 18.0 Å². The summed E-state index contributed by atoms with van der Waals surface area (Å²) in [5, 5.41) is 10.2.